The fourth-order valence-corrected chi connectivity index (χ4v) is 4.51. The molecule has 1 aromatic carbocycles. The van der Waals surface area contributed by atoms with Crippen molar-refractivity contribution in [1.29, 1.82) is 5.26 Å². The van der Waals surface area contributed by atoms with Gasteiger partial charge in [0.25, 0.3) is 17.5 Å². The van der Waals surface area contributed by atoms with Gasteiger partial charge in [-0.3, -0.25) is 24.6 Å². The molecule has 0 saturated carbocycles. The van der Waals surface area contributed by atoms with Crippen molar-refractivity contribution in [3.8, 4) is 17.4 Å². The third-order valence-corrected chi connectivity index (χ3v) is 6.34. The quantitative estimate of drug-likeness (QED) is 0.254. The fraction of sp³-hybridized carbons (Fsp3) is 0.346. The Morgan fingerprint density at radius 2 is 1.89 bits per heavy atom. The average Bonchev–Trinajstić information content (AvgIpc) is 3.33. The van der Waals surface area contributed by atoms with Crippen LogP contribution >= 0.6 is 0 Å². The van der Waals surface area contributed by atoms with Gasteiger partial charge in [0.15, 0.2) is 0 Å². The Kier molecular flexibility index (Phi) is 6.82. The highest BCUT2D eigenvalue weighted by atomic mass is 16.6. The molecule has 3 heterocycles. The van der Waals surface area contributed by atoms with Crippen LogP contribution in [0.15, 0.2) is 51.5 Å². The number of rotatable bonds is 6. The van der Waals surface area contributed by atoms with E-state index in [1.54, 1.807) is 31.2 Å². The molecule has 0 aliphatic carbocycles. The molecule has 0 spiro atoms. The lowest BCUT2D eigenvalue weighted by molar-refractivity contribution is -0.384. The van der Waals surface area contributed by atoms with E-state index in [2.05, 4.69) is 0 Å². The van der Waals surface area contributed by atoms with E-state index >= 15 is 0 Å². The SMILES string of the molecule is CCCN1C(=O)C(C#N)=C(C)/C(=C\c2ccc(-c3ccc(N4CCCCC4)c([N+](=O)[O-])c3)o2)C1=O. The van der Waals surface area contributed by atoms with Crippen molar-refractivity contribution >= 4 is 29.3 Å². The van der Waals surface area contributed by atoms with E-state index in [1.165, 1.54) is 12.1 Å². The second-order valence-electron chi connectivity index (χ2n) is 8.64. The molecule has 1 aromatic heterocycles. The van der Waals surface area contributed by atoms with Crippen LogP contribution in [0.1, 0.15) is 45.3 Å². The molecule has 9 nitrogen and oxygen atoms in total. The molecule has 180 valence electrons. The van der Waals surface area contributed by atoms with Crippen molar-refractivity contribution in [3.05, 3.63) is 62.9 Å². The van der Waals surface area contributed by atoms with Crippen LogP contribution < -0.4 is 4.90 Å². The van der Waals surface area contributed by atoms with Crippen LogP contribution in [-0.4, -0.2) is 41.3 Å². The normalized spacial score (nSPS) is 17.8. The summed E-state index contributed by atoms with van der Waals surface area (Å²) in [4.78, 5) is 40.0. The fourth-order valence-electron chi connectivity index (χ4n) is 4.51. The van der Waals surface area contributed by atoms with Crippen LogP contribution in [0.2, 0.25) is 0 Å². The van der Waals surface area contributed by atoms with Gasteiger partial charge in [0.2, 0.25) is 0 Å². The number of nitrogens with zero attached hydrogens (tertiary/aromatic N) is 4. The molecule has 0 radical (unpaired) electrons. The smallest absolute Gasteiger partial charge is 0.293 e. The highest BCUT2D eigenvalue weighted by molar-refractivity contribution is 6.19. The Labute approximate surface area is 203 Å². The highest BCUT2D eigenvalue weighted by Crippen LogP contribution is 2.36. The van der Waals surface area contributed by atoms with Gasteiger partial charge in [-0.25, -0.2) is 0 Å². The molecule has 2 aromatic rings. The summed E-state index contributed by atoms with van der Waals surface area (Å²) in [7, 11) is 0. The Balaban J connectivity index is 1.68. The first-order valence-electron chi connectivity index (χ1n) is 11.7. The van der Waals surface area contributed by atoms with Crippen LogP contribution in [0.3, 0.4) is 0 Å². The number of amides is 2. The number of hydrogen-bond donors (Lipinski definition) is 0. The monoisotopic (exact) mass is 474 g/mol. The van der Waals surface area contributed by atoms with E-state index in [0.717, 1.165) is 37.3 Å². The molecular formula is C26H26N4O5. The topological polar surface area (TPSA) is 121 Å². The molecule has 35 heavy (non-hydrogen) atoms. The molecule has 9 heteroatoms. The lowest BCUT2D eigenvalue weighted by Crippen LogP contribution is -2.43. The van der Waals surface area contributed by atoms with Gasteiger partial charge in [0.1, 0.15) is 28.9 Å². The number of piperidine rings is 1. The molecule has 0 N–H and O–H groups in total. The maximum absolute atomic E-state index is 13.0. The van der Waals surface area contributed by atoms with E-state index in [9.17, 15) is 25.0 Å². The van der Waals surface area contributed by atoms with Crippen LogP contribution in [0, 0.1) is 21.4 Å². The van der Waals surface area contributed by atoms with E-state index in [1.807, 2.05) is 17.9 Å². The van der Waals surface area contributed by atoms with Crippen LogP contribution in [0.5, 0.6) is 0 Å². The summed E-state index contributed by atoms with van der Waals surface area (Å²) < 4.78 is 5.91. The maximum atomic E-state index is 13.0. The standard InChI is InChI=1S/C26H26N4O5/c1-3-11-29-25(31)20(17(2)21(16-27)26(29)32)15-19-8-10-24(35-19)18-7-9-22(23(14-18)30(33)34)28-12-5-4-6-13-28/h7-10,14-15H,3-6,11-13H2,1-2H3/b20-15+. The number of carbonyl (C=O) groups is 2. The number of hydrogen-bond acceptors (Lipinski definition) is 7. The van der Waals surface area contributed by atoms with Crippen molar-refractivity contribution < 1.29 is 18.9 Å². The Morgan fingerprint density at radius 1 is 1.14 bits per heavy atom. The zero-order chi connectivity index (χ0) is 25.1. The molecule has 0 bridgehead atoms. The highest BCUT2D eigenvalue weighted by Gasteiger charge is 2.35. The van der Waals surface area contributed by atoms with E-state index in [-0.39, 0.29) is 28.3 Å². The molecular weight excluding hydrogens is 448 g/mol. The zero-order valence-electron chi connectivity index (χ0n) is 19.7. The first kappa shape index (κ1) is 24.0. The molecule has 1 fully saturated rings. The molecule has 1 saturated heterocycles. The second kappa shape index (κ2) is 9.97. The van der Waals surface area contributed by atoms with Crippen molar-refractivity contribution in [2.75, 3.05) is 24.5 Å². The number of nitriles is 1. The minimum atomic E-state index is -0.588. The number of nitro benzene ring substituents is 1. The Hall–Kier alpha value is -4.19. The molecule has 2 aliphatic heterocycles. The average molecular weight is 475 g/mol. The first-order chi connectivity index (χ1) is 16.8. The van der Waals surface area contributed by atoms with Gasteiger partial charge in [-0.05, 0) is 68.5 Å². The van der Waals surface area contributed by atoms with Crippen molar-refractivity contribution in [1.82, 2.24) is 4.90 Å². The van der Waals surface area contributed by atoms with Crippen molar-refractivity contribution in [3.63, 3.8) is 0 Å². The number of carbonyl (C=O) groups excluding carboxylic acids is 2. The number of benzene rings is 1. The van der Waals surface area contributed by atoms with Gasteiger partial charge in [-0.1, -0.05) is 6.92 Å². The molecule has 2 aliphatic rings. The first-order valence-corrected chi connectivity index (χ1v) is 11.7. The van der Waals surface area contributed by atoms with E-state index in [0.29, 0.717) is 34.8 Å². The number of furan rings is 1. The molecule has 4 rings (SSSR count). The predicted octanol–water partition coefficient (Wildman–Crippen LogP) is 4.85. The number of anilines is 1. The molecule has 2 amide bonds. The summed E-state index contributed by atoms with van der Waals surface area (Å²) in [5.41, 5.74) is 1.61. The molecule has 0 unspecified atom stereocenters. The lowest BCUT2D eigenvalue weighted by atomic mass is 9.94. The maximum Gasteiger partial charge on any atom is 0.293 e. The summed E-state index contributed by atoms with van der Waals surface area (Å²) in [6.07, 6.45) is 5.22. The zero-order valence-corrected chi connectivity index (χ0v) is 19.7. The van der Waals surface area contributed by atoms with Gasteiger partial charge < -0.3 is 9.32 Å². The second-order valence-corrected chi connectivity index (χ2v) is 8.64. The van der Waals surface area contributed by atoms with Crippen molar-refractivity contribution in [2.45, 2.75) is 39.5 Å². The van der Waals surface area contributed by atoms with Gasteiger partial charge >= 0.3 is 0 Å². The van der Waals surface area contributed by atoms with Gasteiger partial charge in [-0.2, -0.15) is 5.26 Å². The predicted molar refractivity (Wildman–Crippen MR) is 130 cm³/mol. The summed E-state index contributed by atoms with van der Waals surface area (Å²) in [6, 6.07) is 10.3. The van der Waals surface area contributed by atoms with Gasteiger partial charge in [0, 0.05) is 36.8 Å². The van der Waals surface area contributed by atoms with E-state index in [4.69, 9.17) is 4.42 Å². The largest absolute Gasteiger partial charge is 0.457 e. The van der Waals surface area contributed by atoms with E-state index < -0.39 is 11.8 Å². The van der Waals surface area contributed by atoms with Crippen LogP contribution in [0.4, 0.5) is 11.4 Å². The summed E-state index contributed by atoms with van der Waals surface area (Å²) in [6.45, 7) is 5.21. The lowest BCUT2D eigenvalue weighted by Gasteiger charge is -2.28. The summed E-state index contributed by atoms with van der Waals surface area (Å²) in [5.74, 6) is -0.311. The third kappa shape index (κ3) is 4.60. The molecule has 0 atom stereocenters. The van der Waals surface area contributed by atoms with Crippen LogP contribution in [-0.2, 0) is 9.59 Å². The van der Waals surface area contributed by atoms with Crippen LogP contribution in [0.25, 0.3) is 17.4 Å². The number of imide groups is 1. The minimum absolute atomic E-state index is 0.0225. The number of nitro groups is 1. The Morgan fingerprint density at radius 3 is 2.54 bits per heavy atom. The summed E-state index contributed by atoms with van der Waals surface area (Å²) in [5, 5.41) is 21.2. The van der Waals surface area contributed by atoms with Crippen molar-refractivity contribution in [2.24, 2.45) is 0 Å². The van der Waals surface area contributed by atoms with Gasteiger partial charge in [0.05, 0.1) is 4.92 Å². The van der Waals surface area contributed by atoms with Gasteiger partial charge in [-0.15, -0.1) is 0 Å². The summed E-state index contributed by atoms with van der Waals surface area (Å²) >= 11 is 0. The Bertz CT molecular complexity index is 1290. The minimum Gasteiger partial charge on any atom is -0.457 e. The third-order valence-electron chi connectivity index (χ3n) is 6.34.